The molecule has 0 heterocycles. The molecule has 26 heavy (non-hydrogen) atoms. The Kier molecular flexibility index (Phi) is 8.19. The first kappa shape index (κ1) is 20.5. The van der Waals surface area contributed by atoms with Gasteiger partial charge in [-0.2, -0.15) is 0 Å². The molecule has 2 rings (SSSR count). The molecule has 0 aliphatic rings. The highest BCUT2D eigenvalue weighted by atomic mass is 79.9. The molecule has 1 atom stereocenters. The van der Waals surface area contributed by atoms with Crippen molar-refractivity contribution in [1.29, 1.82) is 0 Å². The maximum Gasteiger partial charge on any atom is 0.242 e. The van der Waals surface area contributed by atoms with E-state index in [1.165, 1.54) is 0 Å². The van der Waals surface area contributed by atoms with Crippen LogP contribution in [0.1, 0.15) is 18.9 Å². The summed E-state index contributed by atoms with van der Waals surface area (Å²) in [6, 6.07) is 17.3. The zero-order valence-corrected chi connectivity index (χ0v) is 17.3. The van der Waals surface area contributed by atoms with Gasteiger partial charge in [0.2, 0.25) is 11.8 Å². The number of halogens is 1. The molecule has 2 aromatic carbocycles. The summed E-state index contributed by atoms with van der Waals surface area (Å²) in [7, 11) is 1.59. The zero-order chi connectivity index (χ0) is 18.9. The molecule has 0 aliphatic heterocycles. The van der Waals surface area contributed by atoms with Crippen molar-refractivity contribution in [1.82, 2.24) is 10.2 Å². The van der Waals surface area contributed by atoms with Gasteiger partial charge in [0, 0.05) is 35.1 Å². The molecule has 0 radical (unpaired) electrons. The quantitative estimate of drug-likeness (QED) is 0.636. The second-order valence-electron chi connectivity index (χ2n) is 5.85. The Balaban J connectivity index is 2.04. The molecule has 0 saturated carbocycles. The second kappa shape index (κ2) is 10.4. The predicted molar refractivity (Wildman–Crippen MR) is 110 cm³/mol. The third kappa shape index (κ3) is 6.18. The third-order valence-corrected chi connectivity index (χ3v) is 5.49. The fraction of sp³-hybridized carbons (Fsp3) is 0.300. The molecule has 0 spiro atoms. The van der Waals surface area contributed by atoms with Crippen LogP contribution in [0.15, 0.2) is 64.0 Å². The number of hydrogen-bond donors (Lipinski definition) is 1. The van der Waals surface area contributed by atoms with E-state index >= 15 is 0 Å². The lowest BCUT2D eigenvalue weighted by molar-refractivity contribution is -0.140. The van der Waals surface area contributed by atoms with Gasteiger partial charge in [-0.1, -0.05) is 46.3 Å². The van der Waals surface area contributed by atoms with Crippen LogP contribution < -0.4 is 5.32 Å². The molecule has 138 valence electrons. The summed E-state index contributed by atoms with van der Waals surface area (Å²) in [6.45, 7) is 2.17. The summed E-state index contributed by atoms with van der Waals surface area (Å²) in [4.78, 5) is 27.7. The van der Waals surface area contributed by atoms with Crippen LogP contribution in [0, 0.1) is 0 Å². The highest BCUT2D eigenvalue weighted by Crippen LogP contribution is 2.20. The van der Waals surface area contributed by atoms with Crippen molar-refractivity contribution in [3.63, 3.8) is 0 Å². The summed E-state index contributed by atoms with van der Waals surface area (Å²) < 4.78 is 0.953. The Labute approximate surface area is 167 Å². The van der Waals surface area contributed by atoms with Crippen molar-refractivity contribution >= 4 is 39.5 Å². The number of carbonyl (C=O) groups is 2. The first-order chi connectivity index (χ1) is 12.5. The first-order valence-electron chi connectivity index (χ1n) is 8.44. The average molecular weight is 435 g/mol. The van der Waals surface area contributed by atoms with Crippen molar-refractivity contribution in [2.75, 3.05) is 12.8 Å². The zero-order valence-electron chi connectivity index (χ0n) is 14.9. The van der Waals surface area contributed by atoms with Gasteiger partial charge < -0.3 is 10.2 Å². The molecule has 2 amide bonds. The number of amides is 2. The van der Waals surface area contributed by atoms with Crippen molar-refractivity contribution in [2.24, 2.45) is 0 Å². The van der Waals surface area contributed by atoms with Crippen molar-refractivity contribution < 1.29 is 9.59 Å². The van der Waals surface area contributed by atoms with Gasteiger partial charge in [0.15, 0.2) is 0 Å². The Morgan fingerprint density at radius 3 is 2.54 bits per heavy atom. The Morgan fingerprint density at radius 1 is 1.15 bits per heavy atom. The number of rotatable bonds is 8. The number of hydrogen-bond acceptors (Lipinski definition) is 3. The highest BCUT2D eigenvalue weighted by Gasteiger charge is 2.25. The number of benzene rings is 2. The third-order valence-electron chi connectivity index (χ3n) is 3.98. The number of likely N-dealkylation sites (N-methyl/N-ethyl adjacent to an activating group) is 1. The van der Waals surface area contributed by atoms with Gasteiger partial charge in [-0.3, -0.25) is 9.59 Å². The van der Waals surface area contributed by atoms with E-state index in [1.54, 1.807) is 30.6 Å². The summed E-state index contributed by atoms with van der Waals surface area (Å²) in [6.07, 6.45) is 0.384. The maximum atomic E-state index is 12.8. The van der Waals surface area contributed by atoms with E-state index in [0.717, 1.165) is 14.9 Å². The van der Waals surface area contributed by atoms with Gasteiger partial charge in [-0.25, -0.2) is 0 Å². The summed E-state index contributed by atoms with van der Waals surface area (Å²) in [5.74, 6) is 0.492. The van der Waals surface area contributed by atoms with Crippen molar-refractivity contribution in [3.8, 4) is 0 Å². The van der Waals surface area contributed by atoms with Gasteiger partial charge in [0.05, 0.1) is 0 Å². The molecule has 6 heteroatoms. The minimum atomic E-state index is -0.520. The summed E-state index contributed by atoms with van der Waals surface area (Å²) in [5.41, 5.74) is 0.985. The fourth-order valence-electron chi connectivity index (χ4n) is 2.54. The van der Waals surface area contributed by atoms with E-state index in [4.69, 9.17) is 0 Å². The molecule has 0 saturated heterocycles. The second-order valence-corrected chi connectivity index (χ2v) is 7.94. The lowest BCUT2D eigenvalue weighted by atomic mass is 10.1. The maximum absolute atomic E-state index is 12.8. The molecule has 0 fully saturated rings. The van der Waals surface area contributed by atoms with E-state index in [1.807, 2.05) is 54.6 Å². The van der Waals surface area contributed by atoms with E-state index in [9.17, 15) is 9.59 Å². The minimum Gasteiger partial charge on any atom is -0.357 e. The largest absolute Gasteiger partial charge is 0.357 e. The van der Waals surface area contributed by atoms with E-state index in [2.05, 4.69) is 21.2 Å². The summed E-state index contributed by atoms with van der Waals surface area (Å²) in [5, 5.41) is 2.63. The molecule has 0 aliphatic carbocycles. The van der Waals surface area contributed by atoms with Crippen molar-refractivity contribution in [2.45, 2.75) is 30.8 Å². The van der Waals surface area contributed by atoms with Crippen LogP contribution in [-0.4, -0.2) is 35.6 Å². The first-order valence-corrected chi connectivity index (χ1v) is 10.2. The van der Waals surface area contributed by atoms with E-state index in [0.29, 0.717) is 18.7 Å². The lowest BCUT2D eigenvalue weighted by Gasteiger charge is -2.28. The Morgan fingerprint density at radius 2 is 1.88 bits per heavy atom. The minimum absolute atomic E-state index is 0.0236. The molecular weight excluding hydrogens is 412 g/mol. The number of carbonyl (C=O) groups excluding carboxylic acids is 2. The van der Waals surface area contributed by atoms with Crippen LogP contribution in [0.3, 0.4) is 0 Å². The monoisotopic (exact) mass is 434 g/mol. The van der Waals surface area contributed by atoms with Crippen LogP contribution in [-0.2, 0) is 16.1 Å². The lowest BCUT2D eigenvalue weighted by Crippen LogP contribution is -2.46. The predicted octanol–water partition coefficient (Wildman–Crippen LogP) is 4.09. The van der Waals surface area contributed by atoms with Crippen LogP contribution >= 0.6 is 27.7 Å². The number of nitrogens with one attached hydrogen (secondary N) is 1. The van der Waals surface area contributed by atoms with Crippen LogP contribution in [0.2, 0.25) is 0 Å². The van der Waals surface area contributed by atoms with Gasteiger partial charge in [-0.15, -0.1) is 11.8 Å². The Hall–Kier alpha value is -1.79. The van der Waals surface area contributed by atoms with Gasteiger partial charge in [0.1, 0.15) is 6.04 Å². The average Bonchev–Trinajstić information content (AvgIpc) is 2.65. The standard InChI is InChI=1S/C20H23BrN2O2S/c1-15(20(25)22-2)23(14-16-7-6-8-17(21)13-16)19(24)11-12-26-18-9-4-3-5-10-18/h3-10,13,15H,11-12,14H2,1-2H3,(H,22,25)/t15-/m1/s1. The van der Waals surface area contributed by atoms with E-state index < -0.39 is 6.04 Å². The van der Waals surface area contributed by atoms with Gasteiger partial charge in [0.25, 0.3) is 0 Å². The Bertz CT molecular complexity index is 740. The van der Waals surface area contributed by atoms with Crippen molar-refractivity contribution in [3.05, 3.63) is 64.6 Å². The molecule has 0 bridgehead atoms. The van der Waals surface area contributed by atoms with Crippen LogP contribution in [0.4, 0.5) is 0 Å². The van der Waals surface area contributed by atoms with Crippen LogP contribution in [0.5, 0.6) is 0 Å². The highest BCUT2D eigenvalue weighted by molar-refractivity contribution is 9.10. The molecule has 4 nitrogen and oxygen atoms in total. The summed E-state index contributed by atoms with van der Waals surface area (Å²) >= 11 is 5.10. The fourth-order valence-corrected chi connectivity index (χ4v) is 3.85. The SMILES string of the molecule is CNC(=O)[C@@H](C)N(Cc1cccc(Br)c1)C(=O)CCSc1ccccc1. The smallest absolute Gasteiger partial charge is 0.242 e. The molecular formula is C20H23BrN2O2S. The molecule has 1 N–H and O–H groups in total. The van der Waals surface area contributed by atoms with Crippen LogP contribution in [0.25, 0.3) is 0 Å². The van der Waals surface area contributed by atoms with Gasteiger partial charge in [-0.05, 0) is 36.8 Å². The molecule has 2 aromatic rings. The number of thioether (sulfide) groups is 1. The topological polar surface area (TPSA) is 49.4 Å². The molecule has 0 aromatic heterocycles. The normalized spacial score (nSPS) is 11.7. The van der Waals surface area contributed by atoms with E-state index in [-0.39, 0.29) is 11.8 Å². The van der Waals surface area contributed by atoms with Gasteiger partial charge >= 0.3 is 0 Å². The number of nitrogens with zero attached hydrogens (tertiary/aromatic N) is 1. The molecule has 0 unspecified atom stereocenters.